The Morgan fingerprint density at radius 3 is 2.26 bits per heavy atom. The van der Waals surface area contributed by atoms with Crippen LogP contribution in [0.2, 0.25) is 10.0 Å². The molecule has 7 nitrogen and oxygen atoms in total. The lowest BCUT2D eigenvalue weighted by atomic mass is 9.87. The molecule has 9 heteroatoms. The average molecular weight is 465 g/mol. The summed E-state index contributed by atoms with van der Waals surface area (Å²) in [4.78, 5) is 22.1. The lowest BCUT2D eigenvalue weighted by Gasteiger charge is -2.21. The molecule has 0 atom stereocenters. The van der Waals surface area contributed by atoms with Crippen molar-refractivity contribution in [1.82, 2.24) is 19.8 Å². The second-order valence-corrected chi connectivity index (χ2v) is 8.56. The van der Waals surface area contributed by atoms with Gasteiger partial charge in [-0.1, -0.05) is 75.7 Å². The van der Waals surface area contributed by atoms with Crippen LogP contribution in [0.1, 0.15) is 49.9 Å². The minimum atomic E-state index is -0.493. The zero-order valence-corrected chi connectivity index (χ0v) is 18.6. The van der Waals surface area contributed by atoms with Crippen molar-refractivity contribution in [2.75, 3.05) is 7.11 Å². The average Bonchev–Trinajstić information content (AvgIpc) is 3.19. The summed E-state index contributed by atoms with van der Waals surface area (Å²) in [6, 6.07) is 10.9. The monoisotopic (exact) mass is 464 g/mol. The Morgan fingerprint density at radius 2 is 1.74 bits per heavy atom. The summed E-state index contributed by atoms with van der Waals surface area (Å²) in [5.74, 6) is -0.767. The van der Waals surface area contributed by atoms with E-state index in [4.69, 9.17) is 28.0 Å². The topological polar surface area (TPSA) is 80.5 Å². The van der Waals surface area contributed by atoms with E-state index in [1.54, 1.807) is 0 Å². The maximum atomic E-state index is 12.8. The first-order valence-electron chi connectivity index (χ1n) is 9.15. The maximum absolute atomic E-state index is 12.8. The molecule has 1 heterocycles. The molecule has 0 saturated heterocycles. The Bertz CT molecular complexity index is 1040. The van der Waals surface area contributed by atoms with Crippen LogP contribution in [0.3, 0.4) is 0 Å². The van der Waals surface area contributed by atoms with Crippen LogP contribution in [0.5, 0.6) is 5.75 Å². The van der Waals surface area contributed by atoms with Gasteiger partial charge in [-0.15, -0.1) is 5.10 Å². The predicted octanol–water partition coefficient (Wildman–Crippen LogP) is 5.42. The van der Waals surface area contributed by atoms with Crippen LogP contribution in [0, 0.1) is 0 Å². The molecule has 1 aromatic heterocycles. The summed E-state index contributed by atoms with van der Waals surface area (Å²) in [5, 5.41) is 15.2. The third kappa shape index (κ3) is 5.55. The van der Waals surface area contributed by atoms with E-state index in [-0.39, 0.29) is 41.0 Å². The highest BCUT2D eigenvalue weighted by molar-refractivity contribution is 6.37. The lowest BCUT2D eigenvalue weighted by Crippen LogP contribution is -2.30. The molecule has 0 aliphatic heterocycles. The van der Waals surface area contributed by atoms with Crippen molar-refractivity contribution in [2.24, 2.45) is 0 Å². The molecule has 31 heavy (non-hydrogen) atoms. The summed E-state index contributed by atoms with van der Waals surface area (Å²) in [6.07, 6.45) is 1.36. The van der Waals surface area contributed by atoms with Gasteiger partial charge in [-0.2, -0.15) is 0 Å². The second-order valence-electron chi connectivity index (χ2n) is 7.74. The smallest absolute Gasteiger partial charge is 0.317 e. The fraction of sp³-hybridized carbons (Fsp3) is 0.318. The zero-order valence-electron chi connectivity index (χ0n) is 17.1. The highest BCUT2D eigenvalue weighted by Crippen LogP contribution is 2.33. The van der Waals surface area contributed by atoms with Crippen molar-refractivity contribution in [3.05, 3.63) is 69.7 Å². The van der Waals surface area contributed by atoms with Gasteiger partial charge in [0.25, 0.3) is 0 Å². The molecule has 1 amide bonds. The maximum Gasteiger partial charge on any atom is 0.317 e. The fourth-order valence-corrected chi connectivity index (χ4v) is 3.25. The molecule has 3 aromatic rings. The Morgan fingerprint density at radius 1 is 1.16 bits per heavy atom. The van der Waals surface area contributed by atoms with Crippen molar-refractivity contribution >= 4 is 29.1 Å². The minimum Gasteiger partial charge on any atom is -0.505 e. The zero-order chi connectivity index (χ0) is 22.1. The summed E-state index contributed by atoms with van der Waals surface area (Å²) >= 11 is 11.9. The number of aromatic hydroxyl groups is 1. The molecular weight excluding hydrogens is 439 g/mol. The van der Waals surface area contributed by atoms with E-state index < -0.39 is 5.91 Å². The van der Waals surface area contributed by atoms with Crippen molar-refractivity contribution in [2.45, 2.75) is 40.2 Å². The molecule has 0 radical (unpaired) electrons. The number of hydrogen-bond donors (Lipinski definition) is 1. The van der Waals surface area contributed by atoms with Crippen molar-refractivity contribution in [3.8, 4) is 11.4 Å². The number of hydroxylamine groups is 2. The first kappa shape index (κ1) is 24.7. The van der Waals surface area contributed by atoms with Gasteiger partial charge in [0.05, 0.1) is 29.4 Å². The number of carbonyl (C=O) groups excluding carboxylic acids is 1. The molecular formula is C22H26Cl2N4O3. The van der Waals surface area contributed by atoms with E-state index in [0.717, 1.165) is 5.56 Å². The van der Waals surface area contributed by atoms with E-state index in [2.05, 4.69) is 30.9 Å². The summed E-state index contributed by atoms with van der Waals surface area (Å²) < 4.78 is 1.34. The number of hydrogen-bond acceptors (Lipinski definition) is 5. The minimum absolute atomic E-state index is 0. The van der Waals surface area contributed by atoms with Crippen molar-refractivity contribution in [1.29, 1.82) is 0 Å². The van der Waals surface area contributed by atoms with Gasteiger partial charge in [-0.05, 0) is 28.7 Å². The summed E-state index contributed by atoms with van der Waals surface area (Å²) in [6.45, 7) is 6.67. The van der Waals surface area contributed by atoms with Crippen molar-refractivity contribution in [3.63, 3.8) is 0 Å². The predicted molar refractivity (Wildman–Crippen MR) is 122 cm³/mol. The van der Waals surface area contributed by atoms with Gasteiger partial charge in [-0.3, -0.25) is 9.63 Å². The van der Waals surface area contributed by atoms with Crippen LogP contribution >= 0.6 is 23.2 Å². The van der Waals surface area contributed by atoms with E-state index >= 15 is 0 Å². The quantitative estimate of drug-likeness (QED) is 0.509. The first-order valence-corrected chi connectivity index (χ1v) is 9.91. The molecule has 0 aliphatic rings. The Balaban J connectivity index is 0.00000341. The van der Waals surface area contributed by atoms with E-state index in [1.807, 2.05) is 24.3 Å². The Labute approximate surface area is 192 Å². The van der Waals surface area contributed by atoms with Gasteiger partial charge in [0.1, 0.15) is 6.33 Å². The summed E-state index contributed by atoms with van der Waals surface area (Å²) in [5.41, 5.74) is 2.62. The third-order valence-electron chi connectivity index (χ3n) is 4.54. The van der Waals surface area contributed by atoms with Crippen molar-refractivity contribution < 1.29 is 14.7 Å². The van der Waals surface area contributed by atoms with Gasteiger partial charge >= 0.3 is 5.91 Å². The largest absolute Gasteiger partial charge is 0.505 e. The number of amides is 1. The van der Waals surface area contributed by atoms with Gasteiger partial charge in [0, 0.05) is 0 Å². The van der Waals surface area contributed by atoms with Gasteiger partial charge in [0.15, 0.2) is 5.75 Å². The summed E-state index contributed by atoms with van der Waals surface area (Å²) in [7, 11) is 1.41. The normalized spacial score (nSPS) is 11.2. The molecule has 0 unspecified atom stereocenters. The van der Waals surface area contributed by atoms with Gasteiger partial charge < -0.3 is 5.11 Å². The number of phenolic OH excluding ortho intramolecular Hbond substituents is 1. The number of rotatable bonds is 5. The third-order valence-corrected chi connectivity index (χ3v) is 5.12. The number of carbonyl (C=O) groups is 1. The molecule has 0 saturated carbocycles. The molecule has 3 rings (SSSR count). The van der Waals surface area contributed by atoms with Crippen LogP contribution in [0.25, 0.3) is 5.69 Å². The highest BCUT2D eigenvalue weighted by atomic mass is 35.5. The molecule has 0 spiro atoms. The van der Waals surface area contributed by atoms with Crippen LogP contribution in [-0.4, -0.2) is 38.0 Å². The number of phenols is 1. The first-order chi connectivity index (χ1) is 14.1. The molecule has 0 fully saturated rings. The van der Waals surface area contributed by atoms with Crippen LogP contribution in [-0.2, 0) is 16.8 Å². The SMILES string of the molecule is C.CON(Cc1ccc(C(C)(C)C)cc1)C(=O)c1ncn(-c2cc(Cl)c(O)c(Cl)c2)n1. The molecule has 1 N–H and O–H groups in total. The molecule has 2 aromatic carbocycles. The number of nitrogens with zero attached hydrogens (tertiary/aromatic N) is 4. The Hall–Kier alpha value is -2.61. The molecule has 0 bridgehead atoms. The standard InChI is InChI=1S/C21H22Cl2N4O3.CH4/c1-21(2,3)14-7-5-13(6-8-14)11-27(30-4)20(29)19-24-12-26(25-19)15-9-16(22)18(28)17(23)10-15;/h5-10,12,28H,11H2,1-4H3;1H4. The van der Waals surface area contributed by atoms with Gasteiger partial charge in [0.2, 0.25) is 5.82 Å². The fourth-order valence-electron chi connectivity index (χ4n) is 2.78. The number of benzene rings is 2. The number of aromatic nitrogens is 3. The van der Waals surface area contributed by atoms with E-state index in [0.29, 0.717) is 5.69 Å². The highest BCUT2D eigenvalue weighted by Gasteiger charge is 2.22. The lowest BCUT2D eigenvalue weighted by molar-refractivity contribution is -0.102. The van der Waals surface area contributed by atoms with E-state index in [9.17, 15) is 9.90 Å². The Kier molecular flexibility index (Phi) is 7.70. The molecule has 166 valence electrons. The second kappa shape index (κ2) is 9.68. The van der Waals surface area contributed by atoms with Gasteiger partial charge in [-0.25, -0.2) is 14.7 Å². The van der Waals surface area contributed by atoms with Crippen LogP contribution in [0.4, 0.5) is 0 Å². The van der Waals surface area contributed by atoms with Crippen LogP contribution < -0.4 is 0 Å². The van der Waals surface area contributed by atoms with E-state index in [1.165, 1.54) is 40.9 Å². The number of halogens is 2. The molecule has 0 aliphatic carbocycles. The van der Waals surface area contributed by atoms with Crippen LogP contribution in [0.15, 0.2) is 42.7 Å².